The molecule has 0 aromatic heterocycles. The van der Waals surface area contributed by atoms with E-state index >= 15 is 0 Å². The SMILES string of the molecule is C[C@@]12C=CCN(c3ccccc3)C(=O)[C@@H]1[C@H]1C(=O)N(CCCCCCO)C3C(=O)N(c4ccc(Cl)cc4)CC=C[C@@]31O2. The Kier molecular flexibility index (Phi) is 7.72. The van der Waals surface area contributed by atoms with E-state index in [9.17, 15) is 19.5 Å². The Hall–Kier alpha value is -3.46. The molecule has 8 nitrogen and oxygen atoms in total. The molecule has 0 aliphatic carbocycles. The fourth-order valence-electron chi connectivity index (χ4n) is 7.20. The van der Waals surface area contributed by atoms with Crippen LogP contribution in [-0.4, -0.2) is 71.2 Å². The molecule has 42 heavy (non-hydrogen) atoms. The molecular weight excluding hydrogens is 554 g/mol. The van der Waals surface area contributed by atoms with Crippen LogP contribution >= 0.6 is 11.6 Å². The van der Waals surface area contributed by atoms with Crippen molar-refractivity contribution in [3.63, 3.8) is 0 Å². The highest BCUT2D eigenvalue weighted by molar-refractivity contribution is 6.30. The number of aliphatic hydroxyl groups is 1. The summed E-state index contributed by atoms with van der Waals surface area (Å²) in [6, 6.07) is 15.6. The van der Waals surface area contributed by atoms with Gasteiger partial charge in [0.15, 0.2) is 0 Å². The lowest BCUT2D eigenvalue weighted by Crippen LogP contribution is -2.56. The molecule has 3 amide bonds. The maximum atomic E-state index is 14.5. The molecule has 0 saturated carbocycles. The number of hydrogen-bond donors (Lipinski definition) is 1. The number of carbonyl (C=O) groups excluding carboxylic acids is 3. The first-order valence-corrected chi connectivity index (χ1v) is 15.1. The Morgan fingerprint density at radius 2 is 1.45 bits per heavy atom. The summed E-state index contributed by atoms with van der Waals surface area (Å²) >= 11 is 6.14. The third-order valence-corrected chi connectivity index (χ3v) is 9.32. The van der Waals surface area contributed by atoms with E-state index in [0.29, 0.717) is 43.2 Å². The van der Waals surface area contributed by atoms with E-state index in [1.807, 2.05) is 61.6 Å². The predicted molar refractivity (Wildman–Crippen MR) is 161 cm³/mol. The van der Waals surface area contributed by atoms with Crippen molar-refractivity contribution in [2.75, 3.05) is 36.0 Å². The Morgan fingerprint density at radius 1 is 0.810 bits per heavy atom. The van der Waals surface area contributed by atoms with Gasteiger partial charge in [0.05, 0.1) is 17.4 Å². The number of carbonyl (C=O) groups is 3. The zero-order valence-electron chi connectivity index (χ0n) is 23.7. The van der Waals surface area contributed by atoms with E-state index in [4.69, 9.17) is 16.3 Å². The maximum Gasteiger partial charge on any atom is 0.253 e. The number of amides is 3. The van der Waals surface area contributed by atoms with Crippen molar-refractivity contribution in [1.29, 1.82) is 0 Å². The molecule has 1 spiro atoms. The summed E-state index contributed by atoms with van der Waals surface area (Å²) < 4.78 is 6.92. The van der Waals surface area contributed by atoms with Crippen molar-refractivity contribution in [3.8, 4) is 0 Å². The van der Waals surface area contributed by atoms with Gasteiger partial charge < -0.3 is 24.5 Å². The molecule has 2 fully saturated rings. The number of halogens is 1. The van der Waals surface area contributed by atoms with Crippen molar-refractivity contribution in [3.05, 3.63) is 83.9 Å². The molecular formula is C33H36ClN3O5. The zero-order valence-corrected chi connectivity index (χ0v) is 24.5. The number of anilines is 2. The van der Waals surface area contributed by atoms with Crippen molar-refractivity contribution in [2.45, 2.75) is 49.9 Å². The largest absolute Gasteiger partial charge is 0.396 e. The molecule has 220 valence electrons. The second-order valence-electron chi connectivity index (χ2n) is 11.7. The first-order valence-electron chi connectivity index (χ1n) is 14.7. The number of ether oxygens (including phenoxy) is 1. The third-order valence-electron chi connectivity index (χ3n) is 9.07. The van der Waals surface area contributed by atoms with Crippen LogP contribution in [-0.2, 0) is 19.1 Å². The first-order chi connectivity index (χ1) is 20.3. The van der Waals surface area contributed by atoms with Gasteiger partial charge in [-0.1, -0.05) is 66.9 Å². The van der Waals surface area contributed by atoms with Crippen LogP contribution in [0.3, 0.4) is 0 Å². The maximum absolute atomic E-state index is 14.5. The smallest absolute Gasteiger partial charge is 0.253 e. The fourth-order valence-corrected chi connectivity index (χ4v) is 7.33. The van der Waals surface area contributed by atoms with E-state index in [2.05, 4.69) is 0 Å². The summed E-state index contributed by atoms with van der Waals surface area (Å²) in [5, 5.41) is 9.76. The van der Waals surface area contributed by atoms with Gasteiger partial charge in [0.2, 0.25) is 11.8 Å². The van der Waals surface area contributed by atoms with E-state index in [1.165, 1.54) is 0 Å². The molecule has 9 heteroatoms. The number of para-hydroxylation sites is 1. The number of fused-ring (bicyclic) bond motifs is 2. The Morgan fingerprint density at radius 3 is 2.17 bits per heavy atom. The molecule has 1 N–H and O–H groups in total. The molecule has 5 atom stereocenters. The van der Waals surface area contributed by atoms with Crippen LogP contribution in [0.4, 0.5) is 11.4 Å². The number of nitrogens with zero attached hydrogens (tertiary/aromatic N) is 3. The average molecular weight is 590 g/mol. The van der Waals surface area contributed by atoms with Crippen molar-refractivity contribution < 1.29 is 24.2 Å². The topological polar surface area (TPSA) is 90.4 Å². The fraction of sp³-hybridized carbons (Fsp3) is 0.424. The number of hydrogen-bond acceptors (Lipinski definition) is 5. The molecule has 0 bridgehead atoms. The van der Waals surface area contributed by atoms with Gasteiger partial charge in [0, 0.05) is 42.6 Å². The molecule has 1 unspecified atom stereocenters. The van der Waals surface area contributed by atoms with Crippen LogP contribution in [0, 0.1) is 11.8 Å². The normalized spacial score (nSPS) is 30.3. The van der Waals surface area contributed by atoms with Crippen molar-refractivity contribution in [1.82, 2.24) is 4.90 Å². The number of unbranched alkanes of at least 4 members (excludes halogenated alkanes) is 3. The lowest BCUT2D eigenvalue weighted by atomic mass is 9.74. The minimum atomic E-state index is -1.31. The van der Waals surface area contributed by atoms with Crippen LogP contribution in [0.25, 0.3) is 0 Å². The summed E-state index contributed by atoms with van der Waals surface area (Å²) in [4.78, 5) is 48.4. The van der Waals surface area contributed by atoms with Gasteiger partial charge in [0.25, 0.3) is 5.91 Å². The number of likely N-dealkylation sites (tertiary alicyclic amines) is 1. The van der Waals surface area contributed by atoms with Gasteiger partial charge >= 0.3 is 0 Å². The van der Waals surface area contributed by atoms with Crippen LogP contribution in [0.2, 0.25) is 5.02 Å². The Labute approximate surface area is 251 Å². The summed E-state index contributed by atoms with van der Waals surface area (Å²) in [7, 11) is 0. The summed E-state index contributed by atoms with van der Waals surface area (Å²) in [6.07, 6.45) is 10.6. The molecule has 2 aromatic carbocycles. The lowest BCUT2D eigenvalue weighted by Gasteiger charge is -2.37. The first kappa shape index (κ1) is 28.6. The third kappa shape index (κ3) is 4.66. The minimum Gasteiger partial charge on any atom is -0.396 e. The van der Waals surface area contributed by atoms with Gasteiger partial charge in [0.1, 0.15) is 11.6 Å². The summed E-state index contributed by atoms with van der Waals surface area (Å²) in [5.41, 5.74) is -0.956. The van der Waals surface area contributed by atoms with E-state index < -0.39 is 29.1 Å². The van der Waals surface area contributed by atoms with Crippen LogP contribution in [0.1, 0.15) is 32.6 Å². The number of aliphatic hydroxyl groups excluding tert-OH is 1. The standard InChI is InChI=1S/C33H36ClN3O5/c1-32-17-9-20-35(24-11-5-4-6-12-24)29(39)26(32)27-30(40)37(19-7-2-3-8-22-38)28-31(41)36(21-10-18-33(27,28)42-32)25-15-13-23(34)14-16-25/h4-6,9-18,26-28,38H,2-3,7-8,19-22H2,1H3/t26-,27-,28?,32+,33-/m0/s1. The molecule has 6 rings (SSSR count). The summed E-state index contributed by atoms with van der Waals surface area (Å²) in [6.45, 7) is 3.01. The molecule has 2 aromatic rings. The molecule has 4 heterocycles. The lowest BCUT2D eigenvalue weighted by molar-refractivity contribution is -0.144. The second kappa shape index (κ2) is 11.3. The minimum absolute atomic E-state index is 0.122. The van der Waals surface area contributed by atoms with Gasteiger partial charge in [-0.2, -0.15) is 0 Å². The van der Waals surface area contributed by atoms with Gasteiger partial charge in [-0.15, -0.1) is 0 Å². The predicted octanol–water partition coefficient (Wildman–Crippen LogP) is 4.37. The molecule has 4 aliphatic rings. The van der Waals surface area contributed by atoms with E-state index in [-0.39, 0.29) is 24.3 Å². The molecule has 0 radical (unpaired) electrons. The highest BCUT2D eigenvalue weighted by Gasteiger charge is 2.74. The average Bonchev–Trinajstić information content (AvgIpc) is 3.24. The van der Waals surface area contributed by atoms with Crippen LogP contribution in [0.5, 0.6) is 0 Å². The highest BCUT2D eigenvalue weighted by atomic mass is 35.5. The van der Waals surface area contributed by atoms with Crippen molar-refractivity contribution in [2.24, 2.45) is 11.8 Å². The van der Waals surface area contributed by atoms with Gasteiger partial charge in [-0.25, -0.2) is 0 Å². The number of rotatable bonds is 8. The summed E-state index contributed by atoms with van der Waals surface area (Å²) in [5.74, 6) is -2.34. The molecule has 4 aliphatic heterocycles. The quantitative estimate of drug-likeness (QED) is 0.365. The van der Waals surface area contributed by atoms with E-state index in [1.54, 1.807) is 39.0 Å². The molecule has 2 saturated heterocycles. The van der Waals surface area contributed by atoms with Gasteiger partial charge in [-0.3, -0.25) is 14.4 Å². The van der Waals surface area contributed by atoms with Crippen LogP contribution < -0.4 is 9.80 Å². The van der Waals surface area contributed by atoms with Gasteiger partial charge in [-0.05, 0) is 56.2 Å². The Bertz CT molecular complexity index is 1410. The van der Waals surface area contributed by atoms with Crippen LogP contribution in [0.15, 0.2) is 78.9 Å². The van der Waals surface area contributed by atoms with Crippen molar-refractivity contribution >= 4 is 40.7 Å². The zero-order chi connectivity index (χ0) is 29.5. The Balaban J connectivity index is 1.42. The number of benzene rings is 2. The van der Waals surface area contributed by atoms with E-state index in [0.717, 1.165) is 18.5 Å². The highest BCUT2D eigenvalue weighted by Crippen LogP contribution is 2.57. The monoisotopic (exact) mass is 589 g/mol. The second-order valence-corrected chi connectivity index (χ2v) is 12.1.